The number of nitrogens with zero attached hydrogens (tertiary/aromatic N) is 2. The maximum atomic E-state index is 13.4. The summed E-state index contributed by atoms with van der Waals surface area (Å²) in [5.41, 5.74) is 3.44. The fraction of sp³-hybridized carbons (Fsp3) is 0.0741. The Morgan fingerprint density at radius 3 is 2.61 bits per heavy atom. The number of hydrogen-bond acceptors (Lipinski definition) is 3. The molecule has 0 spiro atoms. The number of fused-ring (bicyclic) bond motifs is 2. The molecule has 0 aliphatic heterocycles. The second kappa shape index (κ2) is 8.52. The number of imidazole rings is 1. The predicted octanol–water partition coefficient (Wildman–Crippen LogP) is 6.11. The molecule has 0 radical (unpaired) electrons. The minimum Gasteiger partial charge on any atom is -0.325 e. The third-order valence-corrected chi connectivity index (χ3v) is 5.90. The summed E-state index contributed by atoms with van der Waals surface area (Å²) in [7, 11) is 0. The predicted molar refractivity (Wildman–Crippen MR) is 134 cm³/mol. The van der Waals surface area contributed by atoms with Crippen LogP contribution in [0.15, 0.2) is 83.7 Å². The Hall–Kier alpha value is -3.96. The number of halogens is 1. The zero-order chi connectivity index (χ0) is 22.9. The lowest BCUT2D eigenvalue weighted by Crippen LogP contribution is -2.18. The smallest absolute Gasteiger partial charge is 0.260 e. The van der Waals surface area contributed by atoms with Crippen molar-refractivity contribution < 1.29 is 4.79 Å². The molecule has 2 heterocycles. The SMILES string of the molecule is CCn1c(C=CC(=O)c2c(-c3ccccc3)c3cc(Cl)ccc3[nH]c2=O)nc2ccccc21. The van der Waals surface area contributed by atoms with E-state index in [1.807, 2.05) is 66.1 Å². The number of hydrogen-bond donors (Lipinski definition) is 1. The van der Waals surface area contributed by atoms with Gasteiger partial charge < -0.3 is 9.55 Å². The summed E-state index contributed by atoms with van der Waals surface area (Å²) in [6.45, 7) is 2.73. The molecule has 5 rings (SSSR count). The van der Waals surface area contributed by atoms with E-state index in [2.05, 4.69) is 9.97 Å². The minimum absolute atomic E-state index is 0.0753. The monoisotopic (exact) mass is 453 g/mol. The number of carbonyl (C=O) groups excluding carboxylic acids is 1. The third-order valence-electron chi connectivity index (χ3n) is 5.67. The van der Waals surface area contributed by atoms with E-state index in [-0.39, 0.29) is 5.56 Å². The van der Waals surface area contributed by atoms with Gasteiger partial charge in [0.2, 0.25) is 0 Å². The molecule has 3 aromatic carbocycles. The molecule has 0 aliphatic rings. The van der Waals surface area contributed by atoms with Crippen LogP contribution in [0.4, 0.5) is 0 Å². The van der Waals surface area contributed by atoms with Crippen molar-refractivity contribution in [3.8, 4) is 11.1 Å². The van der Waals surface area contributed by atoms with Crippen LogP contribution in [0.1, 0.15) is 23.1 Å². The third kappa shape index (κ3) is 3.77. The van der Waals surface area contributed by atoms with Gasteiger partial charge in [-0.3, -0.25) is 9.59 Å². The molecule has 0 fully saturated rings. The van der Waals surface area contributed by atoms with E-state index in [9.17, 15) is 9.59 Å². The molecule has 0 atom stereocenters. The van der Waals surface area contributed by atoms with E-state index >= 15 is 0 Å². The quantitative estimate of drug-likeness (QED) is 0.257. The lowest BCUT2D eigenvalue weighted by molar-refractivity contribution is 0.104. The highest BCUT2D eigenvalue weighted by atomic mass is 35.5. The summed E-state index contributed by atoms with van der Waals surface area (Å²) < 4.78 is 2.03. The molecule has 0 bridgehead atoms. The van der Waals surface area contributed by atoms with Crippen molar-refractivity contribution in [1.29, 1.82) is 0 Å². The molecule has 0 unspecified atom stereocenters. The minimum atomic E-state index is -0.442. The molecule has 0 saturated heterocycles. The highest BCUT2D eigenvalue weighted by Crippen LogP contribution is 2.31. The first-order chi connectivity index (χ1) is 16.1. The average Bonchev–Trinajstić information content (AvgIpc) is 3.20. The lowest BCUT2D eigenvalue weighted by Gasteiger charge is -2.11. The molecule has 0 aliphatic carbocycles. The number of aryl methyl sites for hydroxylation is 1. The second-order valence-corrected chi connectivity index (χ2v) is 8.10. The summed E-state index contributed by atoms with van der Waals surface area (Å²) in [5.74, 6) is 0.264. The fourth-order valence-electron chi connectivity index (χ4n) is 4.19. The number of aromatic amines is 1. The maximum Gasteiger partial charge on any atom is 0.260 e. The van der Waals surface area contributed by atoms with Crippen LogP contribution in [0.3, 0.4) is 0 Å². The van der Waals surface area contributed by atoms with Crippen LogP contribution in [0.25, 0.3) is 39.1 Å². The van der Waals surface area contributed by atoms with Crippen molar-refractivity contribution in [3.05, 3.63) is 106 Å². The Morgan fingerprint density at radius 1 is 1.06 bits per heavy atom. The van der Waals surface area contributed by atoms with Gasteiger partial charge in [0.05, 0.1) is 16.6 Å². The highest BCUT2D eigenvalue weighted by Gasteiger charge is 2.19. The molecular weight excluding hydrogens is 434 g/mol. The Balaban J connectivity index is 1.68. The molecule has 2 aromatic heterocycles. The zero-order valence-corrected chi connectivity index (χ0v) is 18.6. The Morgan fingerprint density at radius 2 is 1.82 bits per heavy atom. The molecule has 5 nitrogen and oxygen atoms in total. The van der Waals surface area contributed by atoms with Crippen LogP contribution in [-0.4, -0.2) is 20.3 Å². The van der Waals surface area contributed by atoms with Crippen molar-refractivity contribution in [2.24, 2.45) is 0 Å². The largest absolute Gasteiger partial charge is 0.325 e. The Labute approximate surface area is 195 Å². The van der Waals surface area contributed by atoms with Gasteiger partial charge in [-0.25, -0.2) is 4.98 Å². The summed E-state index contributed by atoms with van der Waals surface area (Å²) >= 11 is 6.26. The molecule has 33 heavy (non-hydrogen) atoms. The number of para-hydroxylation sites is 2. The zero-order valence-electron chi connectivity index (χ0n) is 17.9. The average molecular weight is 454 g/mol. The number of allylic oxidation sites excluding steroid dienone is 1. The molecule has 162 valence electrons. The number of benzene rings is 3. The van der Waals surface area contributed by atoms with Gasteiger partial charge in [-0.15, -0.1) is 0 Å². The number of H-pyrrole nitrogens is 1. The number of nitrogens with one attached hydrogen (secondary N) is 1. The van der Waals surface area contributed by atoms with Gasteiger partial charge in [0.15, 0.2) is 5.78 Å². The van der Waals surface area contributed by atoms with Crippen molar-refractivity contribution in [1.82, 2.24) is 14.5 Å². The fourth-order valence-corrected chi connectivity index (χ4v) is 4.36. The highest BCUT2D eigenvalue weighted by molar-refractivity contribution is 6.31. The maximum absolute atomic E-state index is 13.4. The molecule has 0 saturated carbocycles. The molecule has 5 aromatic rings. The van der Waals surface area contributed by atoms with Crippen molar-refractivity contribution in [2.75, 3.05) is 0 Å². The van der Waals surface area contributed by atoms with Gasteiger partial charge in [0, 0.05) is 28.0 Å². The van der Waals surface area contributed by atoms with E-state index < -0.39 is 11.3 Å². The second-order valence-electron chi connectivity index (χ2n) is 7.66. The van der Waals surface area contributed by atoms with Crippen molar-refractivity contribution >= 4 is 45.4 Å². The number of carbonyl (C=O) groups is 1. The molecular formula is C27H20ClN3O2. The van der Waals surface area contributed by atoms with Crippen LogP contribution in [-0.2, 0) is 6.54 Å². The van der Waals surface area contributed by atoms with Crippen LogP contribution in [0.2, 0.25) is 5.02 Å². The van der Waals surface area contributed by atoms with E-state index in [0.717, 1.165) is 16.6 Å². The van der Waals surface area contributed by atoms with Crippen molar-refractivity contribution in [2.45, 2.75) is 13.5 Å². The van der Waals surface area contributed by atoms with Crippen molar-refractivity contribution in [3.63, 3.8) is 0 Å². The molecule has 1 N–H and O–H groups in total. The number of ketones is 1. The lowest BCUT2D eigenvalue weighted by atomic mass is 9.94. The summed E-state index contributed by atoms with van der Waals surface area (Å²) in [4.78, 5) is 33.9. The van der Waals surface area contributed by atoms with Gasteiger partial charge in [-0.05, 0) is 55.0 Å². The molecule has 0 amide bonds. The van der Waals surface area contributed by atoms with Gasteiger partial charge in [0.25, 0.3) is 5.56 Å². The number of rotatable bonds is 5. The normalized spacial score (nSPS) is 11.6. The van der Waals surface area contributed by atoms with E-state index in [0.29, 0.717) is 33.9 Å². The van der Waals surface area contributed by atoms with Gasteiger partial charge in [-0.2, -0.15) is 0 Å². The first-order valence-electron chi connectivity index (χ1n) is 10.7. The van der Waals surface area contributed by atoms with Crippen LogP contribution in [0, 0.1) is 0 Å². The van der Waals surface area contributed by atoms with E-state index in [1.54, 1.807) is 24.3 Å². The topological polar surface area (TPSA) is 67.8 Å². The van der Waals surface area contributed by atoms with Gasteiger partial charge in [-0.1, -0.05) is 54.1 Å². The Bertz CT molecular complexity index is 1600. The summed E-state index contributed by atoms with van der Waals surface area (Å²) in [6, 6.07) is 22.5. The van der Waals surface area contributed by atoms with Crippen LogP contribution >= 0.6 is 11.6 Å². The van der Waals surface area contributed by atoms with Crippen LogP contribution in [0.5, 0.6) is 0 Å². The van der Waals surface area contributed by atoms with E-state index in [1.165, 1.54) is 6.08 Å². The first kappa shape index (κ1) is 20.9. The summed E-state index contributed by atoms with van der Waals surface area (Å²) in [5, 5.41) is 1.24. The van der Waals surface area contributed by atoms with Crippen LogP contribution < -0.4 is 5.56 Å². The first-order valence-corrected chi connectivity index (χ1v) is 11.0. The molecule has 6 heteroatoms. The standard InChI is InChI=1S/C27H20ClN3O2/c1-2-31-22-11-7-6-10-21(22)29-24(31)15-14-23(32)26-25(17-8-4-3-5-9-17)19-16-18(28)12-13-20(19)30-27(26)33/h3-16H,2H2,1H3,(H,30,33). The Kier molecular flexibility index (Phi) is 5.40. The number of aromatic nitrogens is 3. The van der Waals surface area contributed by atoms with Gasteiger partial charge in [0.1, 0.15) is 5.82 Å². The van der Waals surface area contributed by atoms with E-state index in [4.69, 9.17) is 11.6 Å². The number of pyridine rings is 1. The van der Waals surface area contributed by atoms with Gasteiger partial charge >= 0.3 is 0 Å². The summed E-state index contributed by atoms with van der Waals surface area (Å²) in [6.07, 6.45) is 3.09.